The molecule has 1 aromatic rings. The Kier molecular flexibility index (Phi) is 4.22. The number of benzene rings is 1. The molecule has 19 heavy (non-hydrogen) atoms. The average Bonchev–Trinajstić information content (AvgIpc) is 3.27. The van der Waals surface area contributed by atoms with Crippen LogP contribution in [0.25, 0.3) is 0 Å². The fraction of sp³-hybridized carbons (Fsp3) is 0.667. The molecule has 2 fully saturated rings. The van der Waals surface area contributed by atoms with Gasteiger partial charge in [-0.2, -0.15) is 0 Å². The van der Waals surface area contributed by atoms with E-state index in [9.17, 15) is 0 Å². The number of rotatable bonds is 5. The van der Waals surface area contributed by atoms with E-state index in [1.54, 1.807) is 5.56 Å². The molecule has 0 bridgehead atoms. The van der Waals surface area contributed by atoms with E-state index in [0.717, 1.165) is 23.8 Å². The maximum absolute atomic E-state index is 3.81. The summed E-state index contributed by atoms with van der Waals surface area (Å²) < 4.78 is 0. The molecule has 104 valence electrons. The van der Waals surface area contributed by atoms with E-state index in [1.165, 1.54) is 45.1 Å². The van der Waals surface area contributed by atoms with Crippen LogP contribution in [0.1, 0.15) is 56.9 Å². The lowest BCUT2D eigenvalue weighted by Gasteiger charge is -2.33. The molecule has 0 heterocycles. The second-order valence-electron chi connectivity index (χ2n) is 6.43. The van der Waals surface area contributed by atoms with Gasteiger partial charge in [0.2, 0.25) is 0 Å². The predicted molar refractivity (Wildman–Crippen MR) is 81.3 cm³/mol. The van der Waals surface area contributed by atoms with E-state index in [1.807, 2.05) is 0 Å². The molecule has 2 aliphatic carbocycles. The van der Waals surface area contributed by atoms with Gasteiger partial charge in [-0.05, 0) is 55.5 Å². The molecule has 1 heteroatoms. The van der Waals surface area contributed by atoms with Gasteiger partial charge in [-0.3, -0.25) is 0 Å². The molecule has 4 atom stereocenters. The van der Waals surface area contributed by atoms with Crippen LogP contribution in [-0.4, -0.2) is 12.6 Å². The lowest BCUT2D eigenvalue weighted by atomic mass is 9.80. The van der Waals surface area contributed by atoms with Gasteiger partial charge in [-0.15, -0.1) is 0 Å². The summed E-state index contributed by atoms with van der Waals surface area (Å²) in [5, 5.41) is 3.81. The lowest BCUT2D eigenvalue weighted by molar-refractivity contribution is 0.233. The third-order valence-electron chi connectivity index (χ3n) is 5.09. The Hall–Kier alpha value is -0.820. The molecule has 0 amide bonds. The highest BCUT2D eigenvalue weighted by Crippen LogP contribution is 2.55. The van der Waals surface area contributed by atoms with Crippen LogP contribution in [0.2, 0.25) is 0 Å². The standard InChI is InChI=1S/C18H27N/c1-2-12-19-18-11-7-6-10-15(18)17-13-16(17)14-8-4-3-5-9-14/h3-5,8-9,15-19H,2,6-7,10-13H2,1H3. The smallest absolute Gasteiger partial charge is 0.00981 e. The van der Waals surface area contributed by atoms with Crippen LogP contribution in [0.3, 0.4) is 0 Å². The predicted octanol–water partition coefficient (Wildman–Crippen LogP) is 4.35. The molecular formula is C18H27N. The Labute approximate surface area is 117 Å². The normalized spacial score (nSPS) is 34.2. The van der Waals surface area contributed by atoms with Crippen molar-refractivity contribution in [3.8, 4) is 0 Å². The van der Waals surface area contributed by atoms with Crippen LogP contribution in [-0.2, 0) is 0 Å². The van der Waals surface area contributed by atoms with Crippen LogP contribution in [0.4, 0.5) is 0 Å². The maximum Gasteiger partial charge on any atom is 0.00981 e. The first-order valence-electron chi connectivity index (χ1n) is 8.18. The molecule has 2 saturated carbocycles. The van der Waals surface area contributed by atoms with Gasteiger partial charge in [-0.1, -0.05) is 50.1 Å². The SMILES string of the molecule is CCCNC1CCCCC1C1CC1c1ccccc1. The van der Waals surface area contributed by atoms with Gasteiger partial charge in [0.05, 0.1) is 0 Å². The summed E-state index contributed by atoms with van der Waals surface area (Å²) in [4.78, 5) is 0. The Bertz CT molecular complexity index is 386. The zero-order chi connectivity index (χ0) is 13.1. The zero-order valence-electron chi connectivity index (χ0n) is 12.1. The van der Waals surface area contributed by atoms with Crippen LogP contribution >= 0.6 is 0 Å². The van der Waals surface area contributed by atoms with Gasteiger partial charge in [0.15, 0.2) is 0 Å². The largest absolute Gasteiger partial charge is 0.314 e. The minimum atomic E-state index is 0.799. The van der Waals surface area contributed by atoms with Crippen LogP contribution in [0.5, 0.6) is 0 Å². The van der Waals surface area contributed by atoms with Gasteiger partial charge in [-0.25, -0.2) is 0 Å². The number of nitrogens with one attached hydrogen (secondary N) is 1. The molecule has 0 aliphatic heterocycles. The zero-order valence-corrected chi connectivity index (χ0v) is 12.1. The molecule has 0 aromatic heterocycles. The van der Waals surface area contributed by atoms with Crippen molar-refractivity contribution in [1.29, 1.82) is 0 Å². The van der Waals surface area contributed by atoms with Gasteiger partial charge in [0, 0.05) is 6.04 Å². The van der Waals surface area contributed by atoms with Crippen molar-refractivity contribution < 1.29 is 0 Å². The van der Waals surface area contributed by atoms with Crippen molar-refractivity contribution in [3.05, 3.63) is 35.9 Å². The summed E-state index contributed by atoms with van der Waals surface area (Å²) >= 11 is 0. The summed E-state index contributed by atoms with van der Waals surface area (Å²) in [6, 6.07) is 12.0. The lowest BCUT2D eigenvalue weighted by Crippen LogP contribution is -2.40. The van der Waals surface area contributed by atoms with Crippen LogP contribution in [0.15, 0.2) is 30.3 Å². The molecule has 3 rings (SSSR count). The van der Waals surface area contributed by atoms with Crippen molar-refractivity contribution >= 4 is 0 Å². The minimum Gasteiger partial charge on any atom is -0.314 e. The van der Waals surface area contributed by atoms with Gasteiger partial charge >= 0.3 is 0 Å². The summed E-state index contributed by atoms with van der Waals surface area (Å²) in [5.41, 5.74) is 1.58. The monoisotopic (exact) mass is 257 g/mol. The second kappa shape index (κ2) is 6.09. The van der Waals surface area contributed by atoms with Gasteiger partial charge < -0.3 is 5.32 Å². The highest BCUT2D eigenvalue weighted by Gasteiger charge is 2.46. The second-order valence-corrected chi connectivity index (χ2v) is 6.43. The maximum atomic E-state index is 3.81. The molecule has 1 N–H and O–H groups in total. The molecule has 1 nitrogen and oxygen atoms in total. The van der Waals surface area contributed by atoms with E-state index in [4.69, 9.17) is 0 Å². The number of hydrogen-bond donors (Lipinski definition) is 1. The number of hydrogen-bond acceptors (Lipinski definition) is 1. The third kappa shape index (κ3) is 3.02. The molecular weight excluding hydrogens is 230 g/mol. The summed E-state index contributed by atoms with van der Waals surface area (Å²) in [5.74, 6) is 2.75. The molecule has 1 aromatic carbocycles. The fourth-order valence-electron chi connectivity index (χ4n) is 4.03. The molecule has 2 aliphatic rings. The quantitative estimate of drug-likeness (QED) is 0.827. The highest BCUT2D eigenvalue weighted by atomic mass is 14.9. The van der Waals surface area contributed by atoms with E-state index >= 15 is 0 Å². The summed E-state index contributed by atoms with van der Waals surface area (Å²) in [6.45, 7) is 3.47. The third-order valence-corrected chi connectivity index (χ3v) is 5.09. The topological polar surface area (TPSA) is 12.0 Å². The first-order valence-corrected chi connectivity index (χ1v) is 8.18. The van der Waals surface area contributed by atoms with Crippen molar-refractivity contribution in [2.45, 2.75) is 57.4 Å². The highest BCUT2D eigenvalue weighted by molar-refractivity contribution is 5.26. The summed E-state index contributed by atoms with van der Waals surface area (Å²) in [6.07, 6.45) is 8.43. The molecule has 0 spiro atoms. The van der Waals surface area contributed by atoms with Gasteiger partial charge in [0.25, 0.3) is 0 Å². The van der Waals surface area contributed by atoms with Crippen molar-refractivity contribution in [1.82, 2.24) is 5.32 Å². The Morgan fingerprint density at radius 1 is 1.05 bits per heavy atom. The van der Waals surface area contributed by atoms with Crippen molar-refractivity contribution in [2.75, 3.05) is 6.54 Å². The van der Waals surface area contributed by atoms with E-state index in [2.05, 4.69) is 42.6 Å². The Balaban J connectivity index is 1.62. The average molecular weight is 257 g/mol. The van der Waals surface area contributed by atoms with Crippen molar-refractivity contribution in [3.63, 3.8) is 0 Å². The minimum absolute atomic E-state index is 0.799. The van der Waals surface area contributed by atoms with Crippen molar-refractivity contribution in [2.24, 2.45) is 11.8 Å². The first kappa shape index (κ1) is 13.2. The fourth-order valence-corrected chi connectivity index (χ4v) is 4.03. The Morgan fingerprint density at radius 2 is 1.84 bits per heavy atom. The van der Waals surface area contributed by atoms with E-state index < -0.39 is 0 Å². The Morgan fingerprint density at radius 3 is 2.63 bits per heavy atom. The van der Waals surface area contributed by atoms with Crippen LogP contribution in [0, 0.1) is 11.8 Å². The summed E-state index contributed by atoms with van der Waals surface area (Å²) in [7, 11) is 0. The van der Waals surface area contributed by atoms with E-state index in [-0.39, 0.29) is 0 Å². The molecule has 0 radical (unpaired) electrons. The van der Waals surface area contributed by atoms with Crippen LogP contribution < -0.4 is 5.32 Å². The molecule has 4 unspecified atom stereocenters. The van der Waals surface area contributed by atoms with E-state index in [0.29, 0.717) is 0 Å². The molecule has 0 saturated heterocycles. The van der Waals surface area contributed by atoms with Gasteiger partial charge in [0.1, 0.15) is 0 Å². The first-order chi connectivity index (χ1) is 9.40.